The third-order valence-corrected chi connectivity index (χ3v) is 7.01. The van der Waals surface area contributed by atoms with Crippen LogP contribution >= 0.6 is 38.6 Å². The lowest BCUT2D eigenvalue weighted by molar-refractivity contribution is 0.285. The number of thiophene rings is 2. The van der Waals surface area contributed by atoms with Gasteiger partial charge in [0.15, 0.2) is 0 Å². The van der Waals surface area contributed by atoms with Gasteiger partial charge in [0.2, 0.25) is 10.0 Å². The number of aliphatic hydroxyl groups is 1. The Bertz CT molecular complexity index is 649. The number of hydrogen-bond acceptors (Lipinski definition) is 5. The molecule has 2 aromatic heterocycles. The van der Waals surface area contributed by atoms with E-state index in [0.29, 0.717) is 8.66 Å². The second kappa shape index (κ2) is 6.02. The molecule has 2 N–H and O–H groups in total. The second-order valence-electron chi connectivity index (χ2n) is 3.91. The lowest BCUT2D eigenvalue weighted by Gasteiger charge is -2.12. The SMILES string of the molecule is CC(NS(=O)(=O)c1cc(CO)sc1Br)c1ccsc1. The highest BCUT2D eigenvalue weighted by Gasteiger charge is 2.23. The van der Waals surface area contributed by atoms with E-state index in [1.54, 1.807) is 6.92 Å². The van der Waals surface area contributed by atoms with Crippen LogP contribution in [0.25, 0.3) is 0 Å². The van der Waals surface area contributed by atoms with Crippen molar-refractivity contribution in [1.82, 2.24) is 4.72 Å². The Kier molecular flexibility index (Phi) is 4.80. The van der Waals surface area contributed by atoms with Crippen LogP contribution < -0.4 is 4.72 Å². The fraction of sp³-hybridized carbons (Fsp3) is 0.273. The van der Waals surface area contributed by atoms with E-state index in [9.17, 15) is 8.42 Å². The summed E-state index contributed by atoms with van der Waals surface area (Å²) in [6, 6.07) is 3.08. The molecule has 0 aliphatic heterocycles. The van der Waals surface area contributed by atoms with E-state index < -0.39 is 10.0 Å². The monoisotopic (exact) mass is 381 g/mol. The Morgan fingerprint density at radius 2 is 2.26 bits per heavy atom. The Balaban J connectivity index is 2.25. The van der Waals surface area contributed by atoms with Gasteiger partial charge in [-0.2, -0.15) is 11.3 Å². The van der Waals surface area contributed by atoms with Crippen molar-refractivity contribution >= 4 is 48.6 Å². The maximum atomic E-state index is 12.3. The third-order valence-electron chi connectivity index (χ3n) is 2.53. The van der Waals surface area contributed by atoms with Crippen LogP contribution in [0.4, 0.5) is 0 Å². The second-order valence-corrected chi connectivity index (χ2v) is 8.83. The van der Waals surface area contributed by atoms with Gasteiger partial charge in [0, 0.05) is 10.9 Å². The maximum absolute atomic E-state index is 12.3. The molecule has 0 aliphatic carbocycles. The highest BCUT2D eigenvalue weighted by atomic mass is 79.9. The minimum Gasteiger partial charge on any atom is -0.391 e. The Labute approximate surface area is 128 Å². The molecule has 0 radical (unpaired) electrons. The zero-order chi connectivity index (χ0) is 14.0. The topological polar surface area (TPSA) is 66.4 Å². The highest BCUT2D eigenvalue weighted by Crippen LogP contribution is 2.32. The smallest absolute Gasteiger partial charge is 0.243 e. The summed E-state index contributed by atoms with van der Waals surface area (Å²) in [5.41, 5.74) is 0.933. The number of rotatable bonds is 5. The Hall–Kier alpha value is -0.250. The van der Waals surface area contributed by atoms with E-state index in [-0.39, 0.29) is 17.5 Å². The molecule has 0 amide bonds. The average molecular weight is 382 g/mol. The lowest BCUT2D eigenvalue weighted by Crippen LogP contribution is -2.26. The van der Waals surface area contributed by atoms with Crippen molar-refractivity contribution in [2.24, 2.45) is 0 Å². The molecular formula is C11H12BrNO3S3. The van der Waals surface area contributed by atoms with Gasteiger partial charge in [0.1, 0.15) is 4.90 Å². The number of nitrogens with one attached hydrogen (secondary N) is 1. The quantitative estimate of drug-likeness (QED) is 0.835. The molecule has 2 heterocycles. The number of hydrogen-bond donors (Lipinski definition) is 2. The van der Waals surface area contributed by atoms with E-state index in [2.05, 4.69) is 20.7 Å². The van der Waals surface area contributed by atoms with Crippen molar-refractivity contribution in [2.45, 2.75) is 24.5 Å². The fourth-order valence-electron chi connectivity index (χ4n) is 1.54. The molecule has 1 unspecified atom stereocenters. The van der Waals surface area contributed by atoms with E-state index in [1.165, 1.54) is 28.7 Å². The molecule has 0 bridgehead atoms. The van der Waals surface area contributed by atoms with Gasteiger partial charge in [0.05, 0.1) is 10.4 Å². The standard InChI is InChI=1S/C11H12BrNO3S3/c1-7(8-2-3-17-6-8)13-19(15,16)10-4-9(5-14)18-11(10)12/h2-4,6-7,13-14H,5H2,1H3. The zero-order valence-corrected chi connectivity index (χ0v) is 14.0. The van der Waals surface area contributed by atoms with Crippen molar-refractivity contribution in [2.75, 3.05) is 0 Å². The van der Waals surface area contributed by atoms with Crippen LogP contribution in [0.15, 0.2) is 31.6 Å². The van der Waals surface area contributed by atoms with Gasteiger partial charge in [-0.15, -0.1) is 11.3 Å². The summed E-state index contributed by atoms with van der Waals surface area (Å²) >= 11 is 5.96. The van der Waals surface area contributed by atoms with Crippen LogP contribution in [0, 0.1) is 0 Å². The number of halogens is 1. The first-order valence-corrected chi connectivity index (χ1v) is 9.41. The van der Waals surface area contributed by atoms with Gasteiger partial charge in [-0.05, 0) is 51.3 Å². The molecule has 0 aliphatic rings. The van der Waals surface area contributed by atoms with Crippen molar-refractivity contribution in [3.05, 3.63) is 37.1 Å². The van der Waals surface area contributed by atoms with E-state index in [0.717, 1.165) is 5.56 Å². The van der Waals surface area contributed by atoms with Crippen molar-refractivity contribution < 1.29 is 13.5 Å². The molecule has 19 heavy (non-hydrogen) atoms. The molecule has 0 saturated heterocycles. The Morgan fingerprint density at radius 3 is 2.79 bits per heavy atom. The normalized spacial score (nSPS) is 13.6. The molecule has 4 nitrogen and oxygen atoms in total. The minimum absolute atomic E-state index is 0.168. The zero-order valence-electron chi connectivity index (χ0n) is 9.96. The predicted octanol–water partition coefficient (Wildman–Crippen LogP) is 3.10. The Morgan fingerprint density at radius 1 is 1.53 bits per heavy atom. The van der Waals surface area contributed by atoms with Gasteiger partial charge < -0.3 is 5.11 Å². The molecule has 0 aromatic carbocycles. The first kappa shape index (κ1) is 15.1. The summed E-state index contributed by atoms with van der Waals surface area (Å²) in [5.74, 6) is 0. The maximum Gasteiger partial charge on any atom is 0.243 e. The summed E-state index contributed by atoms with van der Waals surface area (Å²) < 4.78 is 27.7. The fourth-order valence-corrected chi connectivity index (χ4v) is 6.07. The first-order chi connectivity index (χ1) is 8.94. The van der Waals surface area contributed by atoms with Crippen LogP contribution in [0.2, 0.25) is 0 Å². The molecule has 2 aromatic rings. The van der Waals surface area contributed by atoms with Gasteiger partial charge in [-0.3, -0.25) is 0 Å². The molecular weight excluding hydrogens is 370 g/mol. The summed E-state index contributed by atoms with van der Waals surface area (Å²) in [6.45, 7) is 1.63. The molecule has 0 spiro atoms. The first-order valence-electron chi connectivity index (χ1n) is 5.37. The van der Waals surface area contributed by atoms with Crippen molar-refractivity contribution in [3.63, 3.8) is 0 Å². The van der Waals surface area contributed by atoms with Crippen LogP contribution in [0.1, 0.15) is 23.4 Å². The average Bonchev–Trinajstić information content (AvgIpc) is 2.96. The van der Waals surface area contributed by atoms with Crippen molar-refractivity contribution in [3.8, 4) is 0 Å². The van der Waals surface area contributed by atoms with Gasteiger partial charge in [0.25, 0.3) is 0 Å². The molecule has 104 valence electrons. The third kappa shape index (κ3) is 3.45. The number of aliphatic hydroxyl groups excluding tert-OH is 1. The molecule has 0 fully saturated rings. The van der Waals surface area contributed by atoms with Crippen LogP contribution in [0.3, 0.4) is 0 Å². The lowest BCUT2D eigenvalue weighted by atomic mass is 10.2. The van der Waals surface area contributed by atoms with Crippen LogP contribution in [-0.4, -0.2) is 13.5 Å². The van der Waals surface area contributed by atoms with Crippen molar-refractivity contribution in [1.29, 1.82) is 0 Å². The molecule has 0 saturated carbocycles. The van der Waals surface area contributed by atoms with Crippen LogP contribution in [0.5, 0.6) is 0 Å². The van der Waals surface area contributed by atoms with Gasteiger partial charge >= 0.3 is 0 Å². The van der Waals surface area contributed by atoms with Crippen LogP contribution in [-0.2, 0) is 16.6 Å². The summed E-state index contributed by atoms with van der Waals surface area (Å²) in [4.78, 5) is 0.777. The predicted molar refractivity (Wildman–Crippen MR) is 81.0 cm³/mol. The molecule has 2 rings (SSSR count). The van der Waals surface area contributed by atoms with E-state index in [1.807, 2.05) is 16.8 Å². The van der Waals surface area contributed by atoms with E-state index >= 15 is 0 Å². The summed E-state index contributed by atoms with van der Waals surface area (Å²) in [5, 5.41) is 12.9. The largest absolute Gasteiger partial charge is 0.391 e. The van der Waals surface area contributed by atoms with E-state index in [4.69, 9.17) is 5.11 Å². The van der Waals surface area contributed by atoms with Gasteiger partial charge in [-0.25, -0.2) is 13.1 Å². The number of sulfonamides is 1. The minimum atomic E-state index is -3.60. The van der Waals surface area contributed by atoms with Gasteiger partial charge in [-0.1, -0.05) is 0 Å². The summed E-state index contributed by atoms with van der Waals surface area (Å²) in [6.07, 6.45) is 0. The highest BCUT2D eigenvalue weighted by molar-refractivity contribution is 9.11. The molecule has 8 heteroatoms. The molecule has 1 atom stereocenters. The summed E-state index contributed by atoms with van der Waals surface area (Å²) in [7, 11) is -3.60.